The fraction of sp³-hybridized carbons (Fsp3) is 0.409. The summed E-state index contributed by atoms with van der Waals surface area (Å²) in [6, 6.07) is 8.69. The fourth-order valence-electron chi connectivity index (χ4n) is 3.11. The molecule has 0 aromatic heterocycles. The van der Waals surface area contributed by atoms with Gasteiger partial charge in [0.2, 0.25) is 10.0 Å². The predicted molar refractivity (Wildman–Crippen MR) is 115 cm³/mol. The largest absolute Gasteiger partial charge is 0.484 e. The second-order valence-electron chi connectivity index (χ2n) is 7.59. The van der Waals surface area contributed by atoms with Crippen LogP contribution in [0.5, 0.6) is 5.75 Å². The summed E-state index contributed by atoms with van der Waals surface area (Å²) in [4.78, 5) is 12.5. The molecule has 0 radical (unpaired) electrons. The number of amides is 1. The molecule has 0 spiro atoms. The Morgan fingerprint density at radius 3 is 2.21 bits per heavy atom. The first-order valence-electron chi connectivity index (χ1n) is 9.46. The van der Waals surface area contributed by atoms with E-state index in [-0.39, 0.29) is 23.5 Å². The molecule has 6 nitrogen and oxygen atoms in total. The lowest BCUT2D eigenvalue weighted by Gasteiger charge is -2.19. The number of carbonyl (C=O) groups excluding carboxylic acids is 1. The number of rotatable bonds is 7. The lowest BCUT2D eigenvalue weighted by Crippen LogP contribution is -2.31. The number of carbonyl (C=O) groups is 1. The SMILES string of the molecule is Cc1cc(C)c(C(C)NC(=O)COc2ccc(S(=O)(=O)N(C)C)cc2C)cc1C. The van der Waals surface area contributed by atoms with Crippen molar-refractivity contribution in [1.29, 1.82) is 0 Å². The van der Waals surface area contributed by atoms with Gasteiger partial charge < -0.3 is 10.1 Å². The van der Waals surface area contributed by atoms with Crippen LogP contribution in [0.25, 0.3) is 0 Å². The zero-order valence-corrected chi connectivity index (χ0v) is 19.0. The highest BCUT2D eigenvalue weighted by atomic mass is 32.2. The molecule has 1 amide bonds. The van der Waals surface area contributed by atoms with Crippen molar-refractivity contribution < 1.29 is 17.9 Å². The number of hydrogen-bond acceptors (Lipinski definition) is 4. The van der Waals surface area contributed by atoms with Gasteiger partial charge in [-0.05, 0) is 80.6 Å². The first kappa shape index (κ1) is 22.9. The Balaban J connectivity index is 2.03. The molecule has 0 aliphatic carbocycles. The van der Waals surface area contributed by atoms with Gasteiger partial charge in [-0.15, -0.1) is 0 Å². The molecule has 1 atom stereocenters. The topological polar surface area (TPSA) is 75.7 Å². The van der Waals surface area contributed by atoms with Crippen molar-refractivity contribution in [1.82, 2.24) is 9.62 Å². The van der Waals surface area contributed by atoms with Crippen LogP contribution in [0.4, 0.5) is 0 Å². The van der Waals surface area contributed by atoms with Crippen LogP contribution in [0.15, 0.2) is 35.2 Å². The van der Waals surface area contributed by atoms with Crippen LogP contribution < -0.4 is 10.1 Å². The highest BCUT2D eigenvalue weighted by Crippen LogP contribution is 2.24. The first-order chi connectivity index (χ1) is 13.4. The summed E-state index contributed by atoms with van der Waals surface area (Å²) in [6.07, 6.45) is 0. The summed E-state index contributed by atoms with van der Waals surface area (Å²) in [5, 5.41) is 2.96. The van der Waals surface area contributed by atoms with Crippen LogP contribution in [0.3, 0.4) is 0 Å². The van der Waals surface area contributed by atoms with E-state index in [9.17, 15) is 13.2 Å². The van der Waals surface area contributed by atoms with E-state index in [1.807, 2.05) is 13.8 Å². The molecule has 2 aromatic carbocycles. The molecule has 158 valence electrons. The van der Waals surface area contributed by atoms with Crippen LogP contribution in [-0.4, -0.2) is 39.3 Å². The summed E-state index contributed by atoms with van der Waals surface area (Å²) in [5.74, 6) is 0.243. The van der Waals surface area contributed by atoms with Crippen molar-refractivity contribution in [2.24, 2.45) is 0 Å². The minimum atomic E-state index is -3.51. The maximum absolute atomic E-state index is 12.4. The highest BCUT2D eigenvalue weighted by molar-refractivity contribution is 7.89. The second-order valence-corrected chi connectivity index (χ2v) is 9.74. The van der Waals surface area contributed by atoms with E-state index in [2.05, 4.69) is 31.3 Å². The number of ether oxygens (including phenoxy) is 1. The van der Waals surface area contributed by atoms with Gasteiger partial charge in [-0.2, -0.15) is 0 Å². The molecule has 0 aliphatic rings. The molecular weight excluding hydrogens is 388 g/mol. The van der Waals surface area contributed by atoms with Gasteiger partial charge in [0, 0.05) is 14.1 Å². The Morgan fingerprint density at radius 1 is 1.00 bits per heavy atom. The molecule has 0 saturated carbocycles. The lowest BCUT2D eigenvalue weighted by molar-refractivity contribution is -0.123. The fourth-order valence-corrected chi connectivity index (χ4v) is 4.10. The zero-order valence-electron chi connectivity index (χ0n) is 18.2. The zero-order chi connectivity index (χ0) is 21.9. The standard InChI is InChI=1S/C22H30N2O4S/c1-14-10-16(3)20(12-15(14)2)18(5)23-22(25)13-28-21-9-8-19(11-17(21)4)29(26,27)24(6)7/h8-12,18H,13H2,1-7H3,(H,23,25). The minimum Gasteiger partial charge on any atom is -0.484 e. The summed E-state index contributed by atoms with van der Waals surface area (Å²) in [7, 11) is -0.538. The Hall–Kier alpha value is -2.38. The van der Waals surface area contributed by atoms with Crippen LogP contribution in [0, 0.1) is 27.7 Å². The molecule has 2 aromatic rings. The van der Waals surface area contributed by atoms with Crippen molar-refractivity contribution in [2.75, 3.05) is 20.7 Å². The van der Waals surface area contributed by atoms with Gasteiger partial charge in [0.1, 0.15) is 5.75 Å². The first-order valence-corrected chi connectivity index (χ1v) is 10.9. The third kappa shape index (κ3) is 5.36. The summed E-state index contributed by atoms with van der Waals surface area (Å²) in [6.45, 7) is 9.71. The van der Waals surface area contributed by atoms with Crippen LogP contribution in [0.2, 0.25) is 0 Å². The van der Waals surface area contributed by atoms with E-state index in [1.54, 1.807) is 19.1 Å². The van der Waals surface area contributed by atoms with Gasteiger partial charge in [-0.3, -0.25) is 4.79 Å². The second kappa shape index (κ2) is 8.97. The highest BCUT2D eigenvalue weighted by Gasteiger charge is 2.19. The number of nitrogens with one attached hydrogen (secondary N) is 1. The maximum atomic E-state index is 12.4. The minimum absolute atomic E-state index is 0.140. The average Bonchev–Trinajstić information content (AvgIpc) is 2.63. The average molecular weight is 419 g/mol. The van der Waals surface area contributed by atoms with E-state index in [0.717, 1.165) is 15.4 Å². The van der Waals surface area contributed by atoms with E-state index in [4.69, 9.17) is 4.74 Å². The lowest BCUT2D eigenvalue weighted by atomic mass is 9.96. The van der Waals surface area contributed by atoms with E-state index in [1.165, 1.54) is 31.3 Å². The van der Waals surface area contributed by atoms with Gasteiger partial charge in [0.25, 0.3) is 5.91 Å². The molecule has 1 unspecified atom stereocenters. The van der Waals surface area contributed by atoms with E-state index < -0.39 is 10.0 Å². The summed E-state index contributed by atoms with van der Waals surface area (Å²) < 4.78 is 31.2. The number of benzene rings is 2. The van der Waals surface area contributed by atoms with Crippen molar-refractivity contribution in [3.63, 3.8) is 0 Å². The molecular formula is C22H30N2O4S. The molecule has 7 heteroatoms. The third-order valence-corrected chi connectivity index (χ3v) is 6.82. The molecule has 29 heavy (non-hydrogen) atoms. The number of sulfonamides is 1. The Kier molecular flexibility index (Phi) is 7.08. The summed E-state index contributed by atoms with van der Waals surface area (Å²) >= 11 is 0. The van der Waals surface area contributed by atoms with Gasteiger partial charge in [-0.1, -0.05) is 12.1 Å². The van der Waals surface area contributed by atoms with E-state index >= 15 is 0 Å². The van der Waals surface area contributed by atoms with Gasteiger partial charge in [0.15, 0.2) is 6.61 Å². The Bertz CT molecular complexity index is 1010. The van der Waals surface area contributed by atoms with Gasteiger partial charge in [-0.25, -0.2) is 12.7 Å². The van der Waals surface area contributed by atoms with Crippen molar-refractivity contribution in [3.8, 4) is 5.75 Å². The summed E-state index contributed by atoms with van der Waals surface area (Å²) in [5.41, 5.74) is 5.28. The quantitative estimate of drug-likeness (QED) is 0.747. The molecule has 0 bridgehead atoms. The van der Waals surface area contributed by atoms with Crippen molar-refractivity contribution >= 4 is 15.9 Å². The molecule has 0 fully saturated rings. The molecule has 0 aliphatic heterocycles. The Morgan fingerprint density at radius 2 is 1.62 bits per heavy atom. The molecule has 0 heterocycles. The monoisotopic (exact) mass is 418 g/mol. The van der Waals surface area contributed by atoms with Crippen LogP contribution >= 0.6 is 0 Å². The molecule has 2 rings (SSSR count). The smallest absolute Gasteiger partial charge is 0.258 e. The maximum Gasteiger partial charge on any atom is 0.258 e. The van der Waals surface area contributed by atoms with Gasteiger partial charge >= 0.3 is 0 Å². The van der Waals surface area contributed by atoms with Crippen molar-refractivity contribution in [2.45, 2.75) is 45.6 Å². The number of nitrogens with zero attached hydrogens (tertiary/aromatic N) is 1. The van der Waals surface area contributed by atoms with Crippen LogP contribution in [0.1, 0.15) is 40.8 Å². The van der Waals surface area contributed by atoms with Gasteiger partial charge in [0.05, 0.1) is 10.9 Å². The normalized spacial score (nSPS) is 12.7. The molecule has 0 saturated heterocycles. The number of aryl methyl sites for hydroxylation is 4. The third-order valence-electron chi connectivity index (χ3n) is 5.01. The Labute approximate surface area is 173 Å². The van der Waals surface area contributed by atoms with Crippen LogP contribution in [-0.2, 0) is 14.8 Å². The number of hydrogen-bond donors (Lipinski definition) is 1. The molecule has 1 N–H and O–H groups in total. The predicted octanol–water partition coefficient (Wildman–Crippen LogP) is 3.43. The van der Waals surface area contributed by atoms with E-state index in [0.29, 0.717) is 11.3 Å². The van der Waals surface area contributed by atoms with Crippen molar-refractivity contribution in [3.05, 3.63) is 58.1 Å².